The van der Waals surface area contributed by atoms with Crippen molar-refractivity contribution in [1.82, 2.24) is 0 Å². The normalized spacial score (nSPS) is 57.2. The van der Waals surface area contributed by atoms with E-state index in [-0.39, 0.29) is 23.2 Å². The molecule has 4 rings (SSSR count). The molecule has 122 valence electrons. The number of carbonyl (C=O) groups is 1. The Hall–Kier alpha value is -0.670. The van der Waals surface area contributed by atoms with Crippen molar-refractivity contribution in [3.05, 3.63) is 12.2 Å². The van der Waals surface area contributed by atoms with Gasteiger partial charge in [-0.25, -0.2) is 0 Å². The van der Waals surface area contributed by atoms with Gasteiger partial charge in [0.1, 0.15) is 0 Å². The number of rotatable bonds is 0. The average molecular weight is 304 g/mol. The molecule has 0 saturated heterocycles. The summed E-state index contributed by atoms with van der Waals surface area (Å²) in [5.41, 5.74) is -1.33. The molecule has 2 unspecified atom stereocenters. The van der Waals surface area contributed by atoms with Gasteiger partial charge in [-0.05, 0) is 87.2 Å². The Labute approximate surface area is 132 Å². The van der Waals surface area contributed by atoms with Gasteiger partial charge in [-0.1, -0.05) is 6.92 Å². The number of aliphatic hydroxyl groups excluding tert-OH is 1. The van der Waals surface area contributed by atoms with E-state index in [1.54, 1.807) is 6.08 Å². The Balaban J connectivity index is 1.71. The lowest BCUT2D eigenvalue weighted by atomic mass is 9.44. The zero-order valence-corrected chi connectivity index (χ0v) is 13.7. The molecule has 3 saturated carbocycles. The quantitative estimate of drug-likeness (QED) is 0.723. The van der Waals surface area contributed by atoms with Crippen LogP contribution in [0.25, 0.3) is 0 Å². The zero-order chi connectivity index (χ0) is 15.8. The Kier molecular flexibility index (Phi) is 3.01. The van der Waals surface area contributed by atoms with Gasteiger partial charge >= 0.3 is 0 Å². The van der Waals surface area contributed by atoms with E-state index in [0.717, 1.165) is 44.9 Å². The molecule has 0 aromatic heterocycles. The van der Waals surface area contributed by atoms with Crippen molar-refractivity contribution in [3.8, 4) is 0 Å². The Morgan fingerprint density at radius 1 is 1.09 bits per heavy atom. The summed E-state index contributed by atoms with van der Waals surface area (Å²) in [7, 11) is 0. The minimum Gasteiger partial charge on any atom is -0.393 e. The van der Waals surface area contributed by atoms with Crippen LogP contribution in [0.3, 0.4) is 0 Å². The number of fused-ring (bicyclic) bond motifs is 5. The third-order valence-corrected chi connectivity index (χ3v) is 8.10. The molecule has 0 aliphatic heterocycles. The molecule has 0 spiro atoms. The second-order valence-corrected chi connectivity index (χ2v) is 8.81. The number of hydrogen-bond donors (Lipinski definition) is 2. The highest BCUT2D eigenvalue weighted by Crippen LogP contribution is 2.65. The third-order valence-electron chi connectivity index (χ3n) is 8.10. The van der Waals surface area contributed by atoms with Crippen molar-refractivity contribution < 1.29 is 15.0 Å². The number of aliphatic hydroxyl groups is 2. The summed E-state index contributed by atoms with van der Waals surface area (Å²) in [6.07, 6.45) is 10.1. The molecule has 4 aliphatic rings. The second-order valence-electron chi connectivity index (χ2n) is 8.81. The van der Waals surface area contributed by atoms with Crippen LogP contribution in [0.1, 0.15) is 58.8 Å². The van der Waals surface area contributed by atoms with Crippen molar-refractivity contribution >= 4 is 5.78 Å². The molecule has 7 atom stereocenters. The maximum atomic E-state index is 12.3. The fourth-order valence-corrected chi connectivity index (χ4v) is 6.50. The fourth-order valence-electron chi connectivity index (χ4n) is 6.50. The van der Waals surface area contributed by atoms with Crippen molar-refractivity contribution in [2.24, 2.45) is 28.6 Å². The van der Waals surface area contributed by atoms with E-state index in [1.165, 1.54) is 0 Å². The number of allylic oxidation sites excluding steroid dienone is 1. The van der Waals surface area contributed by atoms with Crippen LogP contribution < -0.4 is 0 Å². The number of hydrogen-bond acceptors (Lipinski definition) is 3. The van der Waals surface area contributed by atoms with Crippen LogP contribution >= 0.6 is 0 Å². The highest BCUT2D eigenvalue weighted by atomic mass is 16.3. The van der Waals surface area contributed by atoms with Gasteiger partial charge in [-0.3, -0.25) is 4.79 Å². The van der Waals surface area contributed by atoms with E-state index in [1.807, 2.05) is 13.0 Å². The van der Waals surface area contributed by atoms with Crippen molar-refractivity contribution in [3.63, 3.8) is 0 Å². The summed E-state index contributed by atoms with van der Waals surface area (Å²) < 4.78 is 0. The zero-order valence-electron chi connectivity index (χ0n) is 13.7. The first-order valence-corrected chi connectivity index (χ1v) is 8.95. The van der Waals surface area contributed by atoms with Gasteiger partial charge in [-0.2, -0.15) is 0 Å². The van der Waals surface area contributed by atoms with E-state index in [9.17, 15) is 15.0 Å². The molecule has 2 N–H and O–H groups in total. The van der Waals surface area contributed by atoms with Gasteiger partial charge in [0.15, 0.2) is 5.78 Å². The molecule has 3 fully saturated rings. The lowest BCUT2D eigenvalue weighted by Gasteiger charge is -2.62. The topological polar surface area (TPSA) is 57.5 Å². The van der Waals surface area contributed by atoms with Gasteiger partial charge in [0.25, 0.3) is 0 Å². The van der Waals surface area contributed by atoms with E-state index in [2.05, 4.69) is 6.92 Å². The lowest BCUT2D eigenvalue weighted by Crippen LogP contribution is -2.62. The third kappa shape index (κ3) is 1.62. The van der Waals surface area contributed by atoms with Gasteiger partial charge < -0.3 is 10.2 Å². The smallest absolute Gasteiger partial charge is 0.164 e. The predicted octanol–water partition coefficient (Wildman–Crippen LogP) is 2.85. The van der Waals surface area contributed by atoms with Crippen molar-refractivity contribution in [2.75, 3.05) is 0 Å². The molecule has 3 nitrogen and oxygen atoms in total. The first kappa shape index (κ1) is 14.9. The van der Waals surface area contributed by atoms with E-state index >= 15 is 0 Å². The standard InChI is InChI=1S/C19H28O3/c1-17-8-5-13(20)11-12(17)3-4-15-14(17)6-9-18(2)16(21)7-10-19(15,18)22/h7,10,12-15,20,22H,3-6,8-9,11H2,1-2H3/t12?,13?,14-,15-,17+,18-,19-/m1/s1. The molecular formula is C19H28O3. The molecule has 3 heteroatoms. The second kappa shape index (κ2) is 4.45. The van der Waals surface area contributed by atoms with Gasteiger partial charge in [0.05, 0.1) is 17.1 Å². The predicted molar refractivity (Wildman–Crippen MR) is 84.1 cm³/mol. The average Bonchev–Trinajstić information content (AvgIpc) is 2.72. The first-order chi connectivity index (χ1) is 10.3. The summed E-state index contributed by atoms with van der Waals surface area (Å²) >= 11 is 0. The largest absolute Gasteiger partial charge is 0.393 e. The number of carbonyl (C=O) groups excluding carboxylic acids is 1. The molecule has 0 aromatic rings. The van der Waals surface area contributed by atoms with E-state index in [4.69, 9.17) is 0 Å². The van der Waals surface area contributed by atoms with E-state index in [0.29, 0.717) is 11.8 Å². The Morgan fingerprint density at radius 3 is 2.64 bits per heavy atom. The molecule has 0 bridgehead atoms. The molecule has 0 heterocycles. The highest BCUT2D eigenvalue weighted by Gasteiger charge is 2.65. The molecule has 0 radical (unpaired) electrons. The first-order valence-electron chi connectivity index (χ1n) is 8.95. The summed E-state index contributed by atoms with van der Waals surface area (Å²) in [5, 5.41) is 21.5. The maximum Gasteiger partial charge on any atom is 0.164 e. The molecule has 22 heavy (non-hydrogen) atoms. The minimum absolute atomic E-state index is 0.111. The molecule has 4 aliphatic carbocycles. The lowest BCUT2D eigenvalue weighted by molar-refractivity contribution is -0.188. The van der Waals surface area contributed by atoms with Gasteiger partial charge in [0, 0.05) is 0 Å². The van der Waals surface area contributed by atoms with Crippen molar-refractivity contribution in [2.45, 2.75) is 70.5 Å². The van der Waals surface area contributed by atoms with Crippen LogP contribution in [0.15, 0.2) is 12.2 Å². The summed E-state index contributed by atoms with van der Waals surface area (Å²) in [6, 6.07) is 0. The van der Waals surface area contributed by atoms with Crippen LogP contribution in [0.2, 0.25) is 0 Å². The van der Waals surface area contributed by atoms with Crippen molar-refractivity contribution in [1.29, 1.82) is 0 Å². The van der Waals surface area contributed by atoms with E-state index < -0.39 is 11.0 Å². The summed E-state index contributed by atoms with van der Waals surface area (Å²) in [6.45, 7) is 4.34. The van der Waals surface area contributed by atoms with Gasteiger partial charge in [0.2, 0.25) is 0 Å². The van der Waals surface area contributed by atoms with Crippen LogP contribution in [0.5, 0.6) is 0 Å². The van der Waals surface area contributed by atoms with Crippen LogP contribution in [0, 0.1) is 28.6 Å². The minimum atomic E-state index is -0.947. The van der Waals surface area contributed by atoms with Crippen LogP contribution in [-0.2, 0) is 4.79 Å². The summed E-state index contributed by atoms with van der Waals surface area (Å²) in [5.74, 6) is 1.36. The molecule has 0 amide bonds. The number of ketones is 1. The van der Waals surface area contributed by atoms with Crippen LogP contribution in [-0.4, -0.2) is 27.7 Å². The Bertz CT molecular complexity index is 541. The summed E-state index contributed by atoms with van der Waals surface area (Å²) in [4.78, 5) is 12.3. The van der Waals surface area contributed by atoms with Gasteiger partial charge in [-0.15, -0.1) is 0 Å². The SMILES string of the molecule is C[C@]12CCC(O)CC1CC[C@@H]1[C@H]2CC[C@]2(C)C(=O)C=C[C@@]12O. The van der Waals surface area contributed by atoms with Crippen LogP contribution in [0.4, 0.5) is 0 Å². The monoisotopic (exact) mass is 304 g/mol. The molecular weight excluding hydrogens is 276 g/mol. The highest BCUT2D eigenvalue weighted by molar-refractivity contribution is 5.99. The maximum absolute atomic E-state index is 12.3. The fraction of sp³-hybridized carbons (Fsp3) is 0.842. The molecule has 0 aromatic carbocycles. The Morgan fingerprint density at radius 2 is 1.86 bits per heavy atom.